The highest BCUT2D eigenvalue weighted by atomic mass is 32.2. The van der Waals surface area contributed by atoms with Crippen molar-refractivity contribution in [3.8, 4) is 0 Å². The molecule has 0 rings (SSSR count). The highest BCUT2D eigenvalue weighted by molar-refractivity contribution is 7.79. The Labute approximate surface area is 99.4 Å². The van der Waals surface area contributed by atoms with Crippen LogP contribution in [0, 0.1) is 0 Å². The van der Waals surface area contributed by atoms with E-state index in [1.807, 2.05) is 0 Å². The zero-order valence-corrected chi connectivity index (χ0v) is 10.9. The van der Waals surface area contributed by atoms with E-state index in [4.69, 9.17) is 0 Å². The molecule has 10 heteroatoms. The minimum atomic E-state index is -2.29. The van der Waals surface area contributed by atoms with Crippen molar-refractivity contribution in [3.63, 3.8) is 0 Å². The van der Waals surface area contributed by atoms with E-state index in [0.717, 1.165) is 0 Å². The molecule has 0 saturated carbocycles. The van der Waals surface area contributed by atoms with Crippen LogP contribution in [0.4, 0.5) is 0 Å². The smallest absolute Gasteiger partial charge is 0.697 e. The van der Waals surface area contributed by atoms with Crippen molar-refractivity contribution in [2.45, 2.75) is 12.8 Å². The van der Waals surface area contributed by atoms with Gasteiger partial charge in [-0.2, -0.15) is 0 Å². The molecule has 0 amide bonds. The molecule has 0 aromatic carbocycles. The molecule has 0 aromatic rings. The zero-order chi connectivity index (χ0) is 12.4. The van der Waals surface area contributed by atoms with Crippen LogP contribution in [0.2, 0.25) is 0 Å². The molecule has 7 nitrogen and oxygen atoms in total. The predicted octanol–water partition coefficient (Wildman–Crippen LogP) is 0.215. The van der Waals surface area contributed by atoms with Gasteiger partial charge in [-0.15, -0.1) is 9.05 Å². The molecule has 0 bridgehead atoms. The second-order valence-electron chi connectivity index (χ2n) is 2.61. The molecule has 0 N–H and O–H groups in total. The summed E-state index contributed by atoms with van der Waals surface area (Å²) in [6.45, 7) is 0.0489. The maximum atomic E-state index is 10.9. The van der Waals surface area contributed by atoms with Gasteiger partial charge in [0.05, 0.1) is 0 Å². The molecule has 0 aliphatic rings. The predicted molar refractivity (Wildman–Crippen MR) is 56.3 cm³/mol. The third-order valence-corrected chi connectivity index (χ3v) is 3.33. The van der Waals surface area contributed by atoms with E-state index in [-0.39, 0.29) is 37.6 Å². The van der Waals surface area contributed by atoms with Crippen molar-refractivity contribution in [3.05, 3.63) is 0 Å². The fraction of sp³-hybridized carbons (Fsp3) is 1.00. The second kappa shape index (κ2) is 10.4. The van der Waals surface area contributed by atoms with Crippen molar-refractivity contribution in [2.75, 3.05) is 24.7 Å². The fourth-order valence-corrected chi connectivity index (χ4v) is 2.01. The molecule has 0 radical (unpaired) electrons. The van der Waals surface area contributed by atoms with Crippen LogP contribution in [0.5, 0.6) is 0 Å². The quantitative estimate of drug-likeness (QED) is 0.321. The minimum Gasteiger partial charge on any atom is -0.772 e. The van der Waals surface area contributed by atoms with Gasteiger partial charge < -0.3 is 9.11 Å². The molecular weight excluding hydrogens is 279 g/mol. The minimum absolute atomic E-state index is 0.0245. The molecule has 0 aliphatic carbocycles. The van der Waals surface area contributed by atoms with Gasteiger partial charge >= 0.3 is 8.25 Å². The SMILES string of the molecule is O=[P+](OCCCS(=O)[O-])OCCCS(=O)[O-]. The van der Waals surface area contributed by atoms with Gasteiger partial charge in [0.25, 0.3) is 0 Å². The van der Waals surface area contributed by atoms with E-state index in [9.17, 15) is 22.1 Å². The summed E-state index contributed by atoms with van der Waals surface area (Å²) in [7, 11) is -2.29. The Morgan fingerprint density at radius 2 is 1.31 bits per heavy atom. The Morgan fingerprint density at radius 1 is 0.938 bits per heavy atom. The van der Waals surface area contributed by atoms with Crippen LogP contribution in [0.15, 0.2) is 0 Å². The van der Waals surface area contributed by atoms with Gasteiger partial charge in [0.2, 0.25) is 0 Å². The molecule has 16 heavy (non-hydrogen) atoms. The largest absolute Gasteiger partial charge is 0.772 e. The van der Waals surface area contributed by atoms with Crippen LogP contribution in [0.1, 0.15) is 12.8 Å². The number of hydrogen-bond acceptors (Lipinski definition) is 7. The van der Waals surface area contributed by atoms with Gasteiger partial charge in [-0.05, 0) is 12.8 Å². The van der Waals surface area contributed by atoms with Gasteiger partial charge in [0.1, 0.15) is 13.2 Å². The summed E-state index contributed by atoms with van der Waals surface area (Å²) >= 11 is -4.25. The van der Waals surface area contributed by atoms with Gasteiger partial charge in [-0.25, -0.2) is 0 Å². The molecule has 0 heterocycles. The highest BCUT2D eigenvalue weighted by Crippen LogP contribution is 2.23. The molecule has 96 valence electrons. The summed E-state index contributed by atoms with van der Waals surface area (Å²) in [6.07, 6.45) is 0.482. The Hall–Kier alpha value is 0.240. The first-order valence-corrected chi connectivity index (χ1v) is 7.95. The van der Waals surface area contributed by atoms with Crippen molar-refractivity contribution in [1.82, 2.24) is 0 Å². The lowest BCUT2D eigenvalue weighted by Crippen LogP contribution is -2.01. The zero-order valence-electron chi connectivity index (χ0n) is 8.36. The Kier molecular flexibility index (Phi) is 10.6. The summed E-state index contributed by atoms with van der Waals surface area (Å²) in [5.74, 6) is -0.114. The average Bonchev–Trinajstić information content (AvgIpc) is 2.19. The Morgan fingerprint density at radius 3 is 1.62 bits per heavy atom. The van der Waals surface area contributed by atoms with Crippen LogP contribution in [-0.4, -0.2) is 42.2 Å². The van der Waals surface area contributed by atoms with Crippen LogP contribution in [0.25, 0.3) is 0 Å². The first-order valence-electron chi connectivity index (χ1n) is 4.37. The third kappa shape index (κ3) is 12.3. The average molecular weight is 291 g/mol. The van der Waals surface area contributed by atoms with E-state index in [1.54, 1.807) is 0 Å². The highest BCUT2D eigenvalue weighted by Gasteiger charge is 2.18. The molecule has 2 atom stereocenters. The number of hydrogen-bond donors (Lipinski definition) is 0. The van der Waals surface area contributed by atoms with Crippen LogP contribution >= 0.6 is 8.25 Å². The maximum Gasteiger partial charge on any atom is 0.697 e. The molecule has 0 fully saturated rings. The van der Waals surface area contributed by atoms with E-state index in [2.05, 4.69) is 9.05 Å². The summed E-state index contributed by atoms with van der Waals surface area (Å²) in [4.78, 5) is 0. The standard InChI is InChI=1S/C6H13O7PS2/c7-14(12-3-1-5-15(8)9)13-4-2-6-16(10)11/h1-6H2,(H-,8,9,10,11)/p-1. The molecule has 0 aromatic heterocycles. The van der Waals surface area contributed by atoms with Crippen LogP contribution in [0.3, 0.4) is 0 Å². The lowest BCUT2D eigenvalue weighted by molar-refractivity contribution is 0.226. The normalized spacial score (nSPS) is 15.8. The molecule has 0 spiro atoms. The summed E-state index contributed by atoms with van der Waals surface area (Å²) < 4.78 is 60.6. The molecular formula is C6H12O7PS2-. The van der Waals surface area contributed by atoms with Crippen molar-refractivity contribution in [2.24, 2.45) is 0 Å². The van der Waals surface area contributed by atoms with Crippen molar-refractivity contribution < 1.29 is 31.1 Å². The lowest BCUT2D eigenvalue weighted by Gasteiger charge is -2.01. The monoisotopic (exact) mass is 291 g/mol. The van der Waals surface area contributed by atoms with Crippen molar-refractivity contribution in [1.29, 1.82) is 0 Å². The van der Waals surface area contributed by atoms with Crippen LogP contribution in [-0.2, 0) is 35.8 Å². The molecule has 0 saturated heterocycles. The first-order chi connectivity index (χ1) is 7.52. The summed E-state index contributed by atoms with van der Waals surface area (Å²) in [6, 6.07) is 0. The molecule has 0 aliphatic heterocycles. The van der Waals surface area contributed by atoms with Crippen molar-refractivity contribution >= 4 is 30.4 Å². The van der Waals surface area contributed by atoms with E-state index < -0.39 is 30.4 Å². The third-order valence-electron chi connectivity index (χ3n) is 1.30. The Balaban J connectivity index is 3.31. The summed E-state index contributed by atoms with van der Waals surface area (Å²) in [5.41, 5.74) is 0. The number of rotatable bonds is 10. The van der Waals surface area contributed by atoms with E-state index >= 15 is 0 Å². The van der Waals surface area contributed by atoms with Gasteiger partial charge in [0.15, 0.2) is 0 Å². The lowest BCUT2D eigenvalue weighted by atomic mass is 10.5. The fourth-order valence-electron chi connectivity index (χ4n) is 0.669. The van der Waals surface area contributed by atoms with Gasteiger partial charge in [0, 0.05) is 16.1 Å². The Bertz CT molecular complexity index is 235. The summed E-state index contributed by atoms with van der Waals surface area (Å²) in [5, 5.41) is 0. The van der Waals surface area contributed by atoms with Gasteiger partial charge in [-0.3, -0.25) is 8.42 Å². The van der Waals surface area contributed by atoms with E-state index in [1.165, 1.54) is 0 Å². The maximum absolute atomic E-state index is 10.9. The van der Waals surface area contributed by atoms with Gasteiger partial charge in [-0.1, -0.05) is 22.2 Å². The van der Waals surface area contributed by atoms with Crippen LogP contribution < -0.4 is 0 Å². The van der Waals surface area contributed by atoms with E-state index in [0.29, 0.717) is 0 Å². The second-order valence-corrected chi connectivity index (χ2v) is 5.61. The first kappa shape index (κ1) is 16.2. The topological polar surface area (TPSA) is 116 Å². The molecule has 2 unspecified atom stereocenters.